The molecule has 2 N–H and O–H groups in total. The molecule has 0 atom stereocenters. The van der Waals surface area contributed by atoms with Crippen LogP contribution in [0.2, 0.25) is 5.02 Å². The van der Waals surface area contributed by atoms with E-state index >= 15 is 0 Å². The highest BCUT2D eigenvalue weighted by Crippen LogP contribution is 2.37. The molecule has 2 nitrogen and oxygen atoms in total. The topological polar surface area (TPSA) is 29.3 Å². The molecule has 2 aromatic rings. The van der Waals surface area contributed by atoms with Crippen LogP contribution in [0.1, 0.15) is 11.1 Å². The Morgan fingerprint density at radius 3 is 2.79 bits per heavy atom. The number of rotatable bonds is 3. The Bertz CT molecular complexity index is 595. The molecule has 0 fully saturated rings. The Morgan fingerprint density at radius 1 is 1.11 bits per heavy atom. The molecular weight excluding hydrogens is 256 g/mol. The van der Waals surface area contributed by atoms with E-state index in [9.17, 15) is 0 Å². The lowest BCUT2D eigenvalue weighted by molar-refractivity contribution is 0.939. The van der Waals surface area contributed by atoms with Gasteiger partial charge < -0.3 is 10.6 Å². The summed E-state index contributed by atoms with van der Waals surface area (Å²) in [5, 5.41) is 0.777. The van der Waals surface area contributed by atoms with Gasteiger partial charge in [0.15, 0.2) is 0 Å². The third-order valence-corrected chi connectivity index (χ3v) is 3.87. The summed E-state index contributed by atoms with van der Waals surface area (Å²) >= 11 is 6.10. The number of benzene rings is 2. The Morgan fingerprint density at radius 2 is 1.95 bits per heavy atom. The summed E-state index contributed by atoms with van der Waals surface area (Å²) in [6.45, 7) is 1.67. The quantitative estimate of drug-likeness (QED) is 0.926. The largest absolute Gasteiger partial charge is 0.341 e. The van der Waals surface area contributed by atoms with Gasteiger partial charge in [-0.15, -0.1) is 0 Å². The average Bonchev–Trinajstić information content (AvgIpc) is 2.83. The Labute approximate surface area is 118 Å². The van der Waals surface area contributed by atoms with Crippen LogP contribution in [0.15, 0.2) is 42.5 Å². The summed E-state index contributed by atoms with van der Waals surface area (Å²) in [6.07, 6.45) is 1.95. The van der Waals surface area contributed by atoms with E-state index in [1.54, 1.807) is 0 Å². The van der Waals surface area contributed by atoms with Gasteiger partial charge in [0.2, 0.25) is 0 Å². The molecule has 1 aliphatic rings. The number of hydrogen-bond donors (Lipinski definition) is 1. The van der Waals surface area contributed by atoms with E-state index < -0.39 is 0 Å². The van der Waals surface area contributed by atoms with Crippen molar-refractivity contribution in [2.24, 2.45) is 5.73 Å². The van der Waals surface area contributed by atoms with E-state index in [4.69, 9.17) is 17.3 Å². The van der Waals surface area contributed by atoms with Crippen LogP contribution in [0.5, 0.6) is 0 Å². The standard InChI is InChI=1S/C16H17ClN2/c17-14-5-6-16(13(11-14)7-9-18)19-10-8-12-3-1-2-4-15(12)19/h1-6,11H,7-10,18H2. The van der Waals surface area contributed by atoms with Gasteiger partial charge in [0.25, 0.3) is 0 Å². The van der Waals surface area contributed by atoms with Gasteiger partial charge in [-0.3, -0.25) is 0 Å². The molecule has 0 aliphatic carbocycles. The van der Waals surface area contributed by atoms with Gasteiger partial charge >= 0.3 is 0 Å². The molecule has 0 radical (unpaired) electrons. The van der Waals surface area contributed by atoms with E-state index in [0.29, 0.717) is 6.54 Å². The van der Waals surface area contributed by atoms with Crippen LogP contribution in [0.4, 0.5) is 11.4 Å². The molecular formula is C16H17ClN2. The maximum atomic E-state index is 6.10. The molecule has 0 aromatic heterocycles. The molecule has 2 aromatic carbocycles. The van der Waals surface area contributed by atoms with Crippen LogP contribution < -0.4 is 10.6 Å². The fraction of sp³-hybridized carbons (Fsp3) is 0.250. The van der Waals surface area contributed by atoms with E-state index in [0.717, 1.165) is 24.4 Å². The normalized spacial score (nSPS) is 13.7. The van der Waals surface area contributed by atoms with Crippen molar-refractivity contribution in [3.05, 3.63) is 58.6 Å². The zero-order chi connectivity index (χ0) is 13.2. The zero-order valence-corrected chi connectivity index (χ0v) is 11.5. The SMILES string of the molecule is NCCc1cc(Cl)ccc1N1CCc2ccccc21. The first-order valence-electron chi connectivity index (χ1n) is 6.63. The van der Waals surface area contributed by atoms with Crippen molar-refractivity contribution in [1.29, 1.82) is 0 Å². The van der Waals surface area contributed by atoms with Gasteiger partial charge in [-0.1, -0.05) is 29.8 Å². The third kappa shape index (κ3) is 2.34. The van der Waals surface area contributed by atoms with E-state index in [2.05, 4.69) is 35.2 Å². The number of hydrogen-bond acceptors (Lipinski definition) is 2. The lowest BCUT2D eigenvalue weighted by Crippen LogP contribution is -2.16. The number of fused-ring (bicyclic) bond motifs is 1. The van der Waals surface area contributed by atoms with E-state index in [1.807, 2.05) is 12.1 Å². The first kappa shape index (κ1) is 12.5. The first-order chi connectivity index (χ1) is 9.29. The molecule has 0 spiro atoms. The second kappa shape index (κ2) is 5.24. The molecule has 3 rings (SSSR count). The van der Waals surface area contributed by atoms with Gasteiger partial charge in [0.1, 0.15) is 0 Å². The maximum absolute atomic E-state index is 6.10. The average molecular weight is 273 g/mol. The second-order valence-corrected chi connectivity index (χ2v) is 5.28. The highest BCUT2D eigenvalue weighted by atomic mass is 35.5. The highest BCUT2D eigenvalue weighted by Gasteiger charge is 2.21. The molecule has 0 unspecified atom stereocenters. The fourth-order valence-corrected chi connectivity index (χ4v) is 2.96. The molecule has 0 amide bonds. The Balaban J connectivity index is 2.04. The lowest BCUT2D eigenvalue weighted by atomic mass is 10.1. The molecule has 0 saturated heterocycles. The monoisotopic (exact) mass is 272 g/mol. The van der Waals surface area contributed by atoms with Crippen LogP contribution in [0.25, 0.3) is 0 Å². The predicted molar refractivity (Wildman–Crippen MR) is 81.4 cm³/mol. The third-order valence-electron chi connectivity index (χ3n) is 3.63. The molecule has 19 heavy (non-hydrogen) atoms. The van der Waals surface area contributed by atoms with Crippen molar-refractivity contribution >= 4 is 23.0 Å². The van der Waals surface area contributed by atoms with Gasteiger partial charge in [0, 0.05) is 22.9 Å². The highest BCUT2D eigenvalue weighted by molar-refractivity contribution is 6.30. The minimum atomic E-state index is 0.642. The first-order valence-corrected chi connectivity index (χ1v) is 7.01. The van der Waals surface area contributed by atoms with E-state index in [1.165, 1.54) is 22.5 Å². The van der Waals surface area contributed by atoms with Crippen LogP contribution in [0.3, 0.4) is 0 Å². The minimum absolute atomic E-state index is 0.642. The molecule has 0 bridgehead atoms. The van der Waals surface area contributed by atoms with Gasteiger partial charge in [0.05, 0.1) is 0 Å². The van der Waals surface area contributed by atoms with E-state index in [-0.39, 0.29) is 0 Å². The summed E-state index contributed by atoms with van der Waals surface area (Å²) < 4.78 is 0. The molecule has 1 heterocycles. The number of anilines is 2. The summed E-state index contributed by atoms with van der Waals surface area (Å²) in [5.74, 6) is 0. The van der Waals surface area contributed by atoms with Crippen molar-refractivity contribution in [1.82, 2.24) is 0 Å². The maximum Gasteiger partial charge on any atom is 0.0444 e. The van der Waals surface area contributed by atoms with Crippen molar-refractivity contribution in [2.75, 3.05) is 18.0 Å². The minimum Gasteiger partial charge on any atom is -0.341 e. The fourth-order valence-electron chi connectivity index (χ4n) is 2.76. The van der Waals surface area contributed by atoms with Gasteiger partial charge in [-0.25, -0.2) is 0 Å². The second-order valence-electron chi connectivity index (χ2n) is 4.84. The number of para-hydroxylation sites is 1. The smallest absolute Gasteiger partial charge is 0.0444 e. The van der Waals surface area contributed by atoms with Crippen molar-refractivity contribution in [3.63, 3.8) is 0 Å². The van der Waals surface area contributed by atoms with Crippen molar-refractivity contribution in [2.45, 2.75) is 12.8 Å². The van der Waals surface area contributed by atoms with Gasteiger partial charge in [-0.2, -0.15) is 0 Å². The molecule has 1 aliphatic heterocycles. The summed E-state index contributed by atoms with van der Waals surface area (Å²) in [5.41, 5.74) is 10.9. The van der Waals surface area contributed by atoms with Crippen molar-refractivity contribution < 1.29 is 0 Å². The number of nitrogens with two attached hydrogens (primary N) is 1. The molecule has 0 saturated carbocycles. The Kier molecular flexibility index (Phi) is 3.45. The van der Waals surface area contributed by atoms with Crippen LogP contribution in [-0.2, 0) is 12.8 Å². The van der Waals surface area contributed by atoms with Crippen molar-refractivity contribution in [3.8, 4) is 0 Å². The lowest BCUT2D eigenvalue weighted by Gasteiger charge is -2.23. The number of nitrogens with zero attached hydrogens (tertiary/aromatic N) is 1. The molecule has 98 valence electrons. The molecule has 3 heteroatoms. The van der Waals surface area contributed by atoms with Crippen LogP contribution in [0, 0.1) is 0 Å². The zero-order valence-electron chi connectivity index (χ0n) is 10.8. The summed E-state index contributed by atoms with van der Waals surface area (Å²) in [6, 6.07) is 14.7. The van der Waals surface area contributed by atoms with Crippen LogP contribution >= 0.6 is 11.6 Å². The summed E-state index contributed by atoms with van der Waals surface area (Å²) in [4.78, 5) is 2.37. The predicted octanol–water partition coefficient (Wildman–Crippen LogP) is 3.54. The van der Waals surface area contributed by atoms with Gasteiger partial charge in [-0.05, 0) is 54.8 Å². The Hall–Kier alpha value is -1.51. The summed E-state index contributed by atoms with van der Waals surface area (Å²) in [7, 11) is 0. The number of halogens is 1. The van der Waals surface area contributed by atoms with Crippen LogP contribution in [-0.4, -0.2) is 13.1 Å².